The van der Waals surface area contributed by atoms with Crippen LogP contribution in [0.3, 0.4) is 0 Å². The molecule has 0 aliphatic rings. The van der Waals surface area contributed by atoms with E-state index in [0.29, 0.717) is 18.8 Å². The summed E-state index contributed by atoms with van der Waals surface area (Å²) in [5, 5.41) is 0. The molecule has 0 radical (unpaired) electrons. The number of rotatable bonds is 8. The lowest BCUT2D eigenvalue weighted by Crippen LogP contribution is -2.36. The molecule has 18 heavy (non-hydrogen) atoms. The highest BCUT2D eigenvalue weighted by Gasteiger charge is 2.22. The molecule has 3 nitrogen and oxygen atoms in total. The molecule has 0 aliphatic carbocycles. The Morgan fingerprint density at radius 3 is 2.06 bits per heavy atom. The summed E-state index contributed by atoms with van der Waals surface area (Å²) in [6, 6.07) is 0. The molecule has 5 heteroatoms. The van der Waals surface area contributed by atoms with Gasteiger partial charge in [-0.15, -0.1) is 11.6 Å². The van der Waals surface area contributed by atoms with Crippen molar-refractivity contribution in [1.29, 1.82) is 0 Å². The number of nitrogens with one attached hydrogen (secondary N) is 1. The van der Waals surface area contributed by atoms with E-state index in [1.807, 2.05) is 20.8 Å². The molecule has 0 bridgehead atoms. The molecule has 0 saturated heterocycles. The van der Waals surface area contributed by atoms with Crippen LogP contribution in [-0.4, -0.2) is 26.6 Å². The van der Waals surface area contributed by atoms with Crippen molar-refractivity contribution in [2.75, 3.05) is 18.2 Å². The van der Waals surface area contributed by atoms with Gasteiger partial charge in [-0.05, 0) is 30.1 Å². The van der Waals surface area contributed by atoms with E-state index in [4.69, 9.17) is 11.6 Å². The molecular formula is C13H28ClNO2S. The first-order chi connectivity index (χ1) is 7.97. The summed E-state index contributed by atoms with van der Waals surface area (Å²) in [5.74, 6) is 0.822. The highest BCUT2D eigenvalue weighted by molar-refractivity contribution is 7.89. The van der Waals surface area contributed by atoms with E-state index in [2.05, 4.69) is 18.6 Å². The van der Waals surface area contributed by atoms with Gasteiger partial charge < -0.3 is 0 Å². The van der Waals surface area contributed by atoms with Crippen molar-refractivity contribution in [2.45, 2.75) is 53.9 Å². The summed E-state index contributed by atoms with van der Waals surface area (Å²) < 4.78 is 26.4. The van der Waals surface area contributed by atoms with Crippen molar-refractivity contribution in [3.63, 3.8) is 0 Å². The zero-order valence-corrected chi connectivity index (χ0v) is 13.9. The monoisotopic (exact) mass is 297 g/mol. The van der Waals surface area contributed by atoms with Crippen LogP contribution >= 0.6 is 11.6 Å². The van der Waals surface area contributed by atoms with E-state index in [1.165, 1.54) is 0 Å². The van der Waals surface area contributed by atoms with Gasteiger partial charge in [0.1, 0.15) is 0 Å². The van der Waals surface area contributed by atoms with E-state index < -0.39 is 10.0 Å². The third-order valence-electron chi connectivity index (χ3n) is 2.88. The molecule has 0 spiro atoms. The Labute approximate surface area is 118 Å². The van der Waals surface area contributed by atoms with Gasteiger partial charge in [-0.25, -0.2) is 13.1 Å². The summed E-state index contributed by atoms with van der Waals surface area (Å²) in [5.41, 5.74) is 0.00653. The summed E-state index contributed by atoms with van der Waals surface area (Å²) in [7, 11) is -3.16. The molecule has 0 aliphatic heterocycles. The van der Waals surface area contributed by atoms with Crippen molar-refractivity contribution in [3.8, 4) is 0 Å². The predicted octanol–water partition coefficient (Wildman–Crippen LogP) is 3.39. The van der Waals surface area contributed by atoms with Gasteiger partial charge in [-0.1, -0.05) is 34.6 Å². The van der Waals surface area contributed by atoms with Crippen LogP contribution in [0.25, 0.3) is 0 Å². The number of alkyl halides is 1. The van der Waals surface area contributed by atoms with E-state index >= 15 is 0 Å². The van der Waals surface area contributed by atoms with Crippen molar-refractivity contribution >= 4 is 21.6 Å². The average molecular weight is 298 g/mol. The third-order valence-corrected chi connectivity index (χ3v) is 4.47. The van der Waals surface area contributed by atoms with Crippen LogP contribution in [0.2, 0.25) is 0 Å². The lowest BCUT2D eigenvalue weighted by Gasteiger charge is -2.25. The van der Waals surface area contributed by atoms with Gasteiger partial charge in [0.2, 0.25) is 10.0 Å². The SMILES string of the molecule is CC(C)(C)CCS(=O)(=O)NCC(C)(C)CCCCl. The van der Waals surface area contributed by atoms with Gasteiger partial charge in [-0.2, -0.15) is 0 Å². The number of hydrogen-bond acceptors (Lipinski definition) is 2. The van der Waals surface area contributed by atoms with E-state index in [0.717, 1.165) is 12.8 Å². The summed E-state index contributed by atoms with van der Waals surface area (Å²) >= 11 is 5.66. The minimum atomic E-state index is -3.16. The van der Waals surface area contributed by atoms with E-state index in [9.17, 15) is 8.42 Å². The molecule has 0 fully saturated rings. The van der Waals surface area contributed by atoms with Crippen LogP contribution in [0.5, 0.6) is 0 Å². The minimum absolute atomic E-state index is 0.0380. The Morgan fingerprint density at radius 1 is 1.06 bits per heavy atom. The molecule has 0 aromatic carbocycles. The van der Waals surface area contributed by atoms with Crippen LogP contribution in [0.1, 0.15) is 53.9 Å². The number of sulfonamides is 1. The average Bonchev–Trinajstić information content (AvgIpc) is 2.21. The van der Waals surface area contributed by atoms with Gasteiger partial charge in [0.15, 0.2) is 0 Å². The summed E-state index contributed by atoms with van der Waals surface area (Å²) in [4.78, 5) is 0. The largest absolute Gasteiger partial charge is 0.215 e. The normalized spacial score (nSPS) is 13.9. The Kier molecular flexibility index (Phi) is 7.19. The van der Waals surface area contributed by atoms with Gasteiger partial charge in [-0.3, -0.25) is 0 Å². The fourth-order valence-electron chi connectivity index (χ4n) is 1.45. The first-order valence-electron chi connectivity index (χ1n) is 6.51. The quantitative estimate of drug-likeness (QED) is 0.698. The standard InChI is InChI=1S/C13H28ClNO2S/c1-12(2,3)8-10-18(16,17)15-11-13(4,5)7-6-9-14/h15H,6-11H2,1-5H3. The van der Waals surface area contributed by atoms with Crippen molar-refractivity contribution in [3.05, 3.63) is 0 Å². The molecule has 0 amide bonds. The zero-order valence-electron chi connectivity index (χ0n) is 12.3. The molecule has 0 aromatic rings. The Hall–Kier alpha value is 0.200. The van der Waals surface area contributed by atoms with Crippen LogP contribution in [-0.2, 0) is 10.0 Å². The first-order valence-corrected chi connectivity index (χ1v) is 8.69. The Balaban J connectivity index is 4.18. The maximum absolute atomic E-state index is 11.9. The Bertz CT molecular complexity index is 331. The van der Waals surface area contributed by atoms with Crippen molar-refractivity contribution < 1.29 is 8.42 Å². The fraction of sp³-hybridized carbons (Fsp3) is 1.00. The molecule has 0 atom stereocenters. The second-order valence-electron chi connectivity index (χ2n) is 6.91. The second kappa shape index (κ2) is 7.11. The zero-order chi connectivity index (χ0) is 14.4. The lowest BCUT2D eigenvalue weighted by atomic mass is 9.88. The topological polar surface area (TPSA) is 46.2 Å². The highest BCUT2D eigenvalue weighted by Crippen LogP contribution is 2.22. The van der Waals surface area contributed by atoms with Gasteiger partial charge in [0.05, 0.1) is 5.75 Å². The highest BCUT2D eigenvalue weighted by atomic mass is 35.5. The molecule has 0 aromatic heterocycles. The minimum Gasteiger partial charge on any atom is -0.215 e. The molecule has 110 valence electrons. The van der Waals surface area contributed by atoms with Gasteiger partial charge >= 0.3 is 0 Å². The maximum Gasteiger partial charge on any atom is 0.211 e. The maximum atomic E-state index is 11.9. The van der Waals surface area contributed by atoms with Crippen LogP contribution in [0.4, 0.5) is 0 Å². The van der Waals surface area contributed by atoms with Crippen molar-refractivity contribution in [1.82, 2.24) is 4.72 Å². The number of hydrogen-bond donors (Lipinski definition) is 1. The van der Waals surface area contributed by atoms with Gasteiger partial charge in [0.25, 0.3) is 0 Å². The molecule has 0 rings (SSSR count). The number of halogens is 1. The Morgan fingerprint density at radius 2 is 1.61 bits per heavy atom. The lowest BCUT2D eigenvalue weighted by molar-refractivity contribution is 0.330. The first kappa shape index (κ1) is 18.2. The second-order valence-corrected chi connectivity index (χ2v) is 9.21. The smallest absolute Gasteiger partial charge is 0.211 e. The molecule has 0 heterocycles. The molecular weight excluding hydrogens is 270 g/mol. The third kappa shape index (κ3) is 10.2. The summed E-state index contributed by atoms with van der Waals surface area (Å²) in [6.45, 7) is 10.8. The van der Waals surface area contributed by atoms with Gasteiger partial charge in [0, 0.05) is 12.4 Å². The van der Waals surface area contributed by atoms with Crippen LogP contribution < -0.4 is 4.72 Å². The molecule has 0 unspecified atom stereocenters. The molecule has 1 N–H and O–H groups in total. The van der Waals surface area contributed by atoms with Crippen molar-refractivity contribution in [2.24, 2.45) is 10.8 Å². The fourth-order valence-corrected chi connectivity index (χ4v) is 3.22. The molecule has 0 saturated carbocycles. The van der Waals surface area contributed by atoms with Crippen LogP contribution in [0.15, 0.2) is 0 Å². The van der Waals surface area contributed by atoms with Crippen LogP contribution in [0, 0.1) is 10.8 Å². The van der Waals surface area contributed by atoms with E-state index in [1.54, 1.807) is 0 Å². The van der Waals surface area contributed by atoms with E-state index in [-0.39, 0.29) is 16.6 Å². The summed E-state index contributed by atoms with van der Waals surface area (Å²) in [6.07, 6.45) is 2.51. The predicted molar refractivity (Wildman–Crippen MR) is 79.6 cm³/mol.